The Labute approximate surface area is 168 Å². The van der Waals surface area contributed by atoms with E-state index in [0.29, 0.717) is 12.2 Å². The summed E-state index contributed by atoms with van der Waals surface area (Å²) >= 11 is 0. The number of ether oxygens (including phenoxy) is 1. The van der Waals surface area contributed by atoms with E-state index in [4.69, 9.17) is 4.74 Å². The van der Waals surface area contributed by atoms with Crippen LogP contribution in [0.4, 0.5) is 0 Å². The lowest BCUT2D eigenvalue weighted by atomic mass is 9.73. The van der Waals surface area contributed by atoms with Crippen LogP contribution in [-0.2, 0) is 15.1 Å². The van der Waals surface area contributed by atoms with Gasteiger partial charge >= 0.3 is 5.97 Å². The fourth-order valence-electron chi connectivity index (χ4n) is 3.93. The SMILES string of the molecule is CC[NH+](CC)CCCOC(=O)C(O)(c1ccccc1)C1CCCCC1.[Br-]. The van der Waals surface area contributed by atoms with Gasteiger partial charge in [-0.15, -0.1) is 0 Å². The number of hydrogen-bond acceptors (Lipinski definition) is 3. The molecule has 0 saturated heterocycles. The Balaban J connectivity index is 0.00000338. The molecule has 0 radical (unpaired) electrons. The topological polar surface area (TPSA) is 51.0 Å². The zero-order chi connectivity index (χ0) is 18.1. The molecule has 26 heavy (non-hydrogen) atoms. The summed E-state index contributed by atoms with van der Waals surface area (Å²) in [7, 11) is 0. The summed E-state index contributed by atoms with van der Waals surface area (Å²) in [5.41, 5.74) is -0.842. The monoisotopic (exact) mass is 427 g/mol. The second-order valence-electron chi connectivity index (χ2n) is 7.16. The lowest BCUT2D eigenvalue weighted by molar-refractivity contribution is -0.896. The van der Waals surface area contributed by atoms with Crippen LogP contribution >= 0.6 is 0 Å². The molecular formula is C21H34BrNO3. The van der Waals surface area contributed by atoms with Gasteiger partial charge in [-0.05, 0) is 32.3 Å². The van der Waals surface area contributed by atoms with Crippen LogP contribution < -0.4 is 21.9 Å². The number of hydrogen-bond donors (Lipinski definition) is 2. The minimum atomic E-state index is -1.51. The maximum atomic E-state index is 12.9. The number of halogens is 1. The summed E-state index contributed by atoms with van der Waals surface area (Å²) in [5, 5.41) is 11.4. The molecule has 2 N–H and O–H groups in total. The summed E-state index contributed by atoms with van der Waals surface area (Å²) in [5.74, 6) is -0.523. The molecule has 1 aromatic rings. The number of nitrogens with one attached hydrogen (secondary N) is 1. The minimum absolute atomic E-state index is 0. The molecule has 0 aromatic heterocycles. The number of quaternary nitrogens is 1. The molecule has 4 nitrogen and oxygen atoms in total. The van der Waals surface area contributed by atoms with Gasteiger partial charge in [0.05, 0.1) is 26.2 Å². The first-order chi connectivity index (χ1) is 12.1. The molecule has 1 aliphatic carbocycles. The molecule has 2 rings (SSSR count). The fourth-order valence-corrected chi connectivity index (χ4v) is 3.93. The van der Waals surface area contributed by atoms with E-state index >= 15 is 0 Å². The molecule has 0 aliphatic heterocycles. The smallest absolute Gasteiger partial charge is 0.343 e. The van der Waals surface area contributed by atoms with E-state index in [1.807, 2.05) is 30.3 Å². The average Bonchev–Trinajstić information content (AvgIpc) is 2.68. The molecule has 1 atom stereocenters. The molecular weight excluding hydrogens is 394 g/mol. The molecule has 1 aromatic carbocycles. The molecule has 148 valence electrons. The second-order valence-corrected chi connectivity index (χ2v) is 7.16. The van der Waals surface area contributed by atoms with Gasteiger partial charge < -0.3 is 31.7 Å². The van der Waals surface area contributed by atoms with Crippen LogP contribution in [0.5, 0.6) is 0 Å². The zero-order valence-electron chi connectivity index (χ0n) is 16.2. The highest BCUT2D eigenvalue weighted by atomic mass is 79.9. The maximum absolute atomic E-state index is 12.9. The number of rotatable bonds is 9. The van der Waals surface area contributed by atoms with Gasteiger partial charge in [-0.25, -0.2) is 4.79 Å². The quantitative estimate of drug-likeness (QED) is 0.405. The van der Waals surface area contributed by atoms with E-state index in [1.54, 1.807) is 0 Å². The molecule has 0 spiro atoms. The van der Waals surface area contributed by atoms with Gasteiger partial charge in [-0.3, -0.25) is 0 Å². The van der Waals surface area contributed by atoms with E-state index in [2.05, 4.69) is 13.8 Å². The van der Waals surface area contributed by atoms with Gasteiger partial charge in [-0.2, -0.15) is 0 Å². The Bertz CT molecular complexity index is 515. The van der Waals surface area contributed by atoms with Crippen molar-refractivity contribution in [2.45, 2.75) is 58.0 Å². The molecule has 1 saturated carbocycles. The van der Waals surface area contributed by atoms with Crippen LogP contribution in [0.3, 0.4) is 0 Å². The van der Waals surface area contributed by atoms with Crippen LogP contribution in [0, 0.1) is 5.92 Å². The summed E-state index contributed by atoms with van der Waals surface area (Å²) in [4.78, 5) is 14.4. The predicted octanol–water partition coefficient (Wildman–Crippen LogP) is -0.683. The highest BCUT2D eigenvalue weighted by molar-refractivity contribution is 5.81. The van der Waals surface area contributed by atoms with Crippen molar-refractivity contribution in [2.75, 3.05) is 26.2 Å². The standard InChI is InChI=1S/C21H33NO3.BrH/c1-3-22(4-2)16-11-17-25-20(23)21(24,18-12-7-5-8-13-18)19-14-9-6-10-15-19;/h5,7-8,12-13,19,24H,3-4,6,9-11,14-17H2,1-2H3;1H. The Kier molecular flexibility index (Phi) is 10.4. The Morgan fingerprint density at radius 2 is 1.77 bits per heavy atom. The fraction of sp³-hybridized carbons (Fsp3) is 0.667. The third kappa shape index (κ3) is 5.80. The molecule has 1 aliphatic rings. The average molecular weight is 428 g/mol. The van der Waals surface area contributed by atoms with Crippen molar-refractivity contribution in [3.05, 3.63) is 35.9 Å². The maximum Gasteiger partial charge on any atom is 0.343 e. The van der Waals surface area contributed by atoms with Crippen LogP contribution in [0.15, 0.2) is 30.3 Å². The van der Waals surface area contributed by atoms with Crippen molar-refractivity contribution in [1.29, 1.82) is 0 Å². The highest BCUT2D eigenvalue weighted by Gasteiger charge is 2.47. The van der Waals surface area contributed by atoms with E-state index in [-0.39, 0.29) is 22.9 Å². The van der Waals surface area contributed by atoms with E-state index < -0.39 is 11.6 Å². The third-order valence-electron chi connectivity index (χ3n) is 5.63. The first-order valence-electron chi connectivity index (χ1n) is 9.91. The van der Waals surface area contributed by atoms with Gasteiger partial charge in [-0.1, -0.05) is 49.6 Å². The first kappa shape index (κ1) is 23.1. The van der Waals surface area contributed by atoms with Crippen molar-refractivity contribution in [3.8, 4) is 0 Å². The van der Waals surface area contributed by atoms with Gasteiger partial charge in [0.15, 0.2) is 5.60 Å². The minimum Gasteiger partial charge on any atom is -1.00 e. The molecule has 5 heteroatoms. The van der Waals surface area contributed by atoms with Crippen molar-refractivity contribution < 1.29 is 36.5 Å². The van der Waals surface area contributed by atoms with Crippen molar-refractivity contribution in [1.82, 2.24) is 0 Å². The summed E-state index contributed by atoms with van der Waals surface area (Å²) in [6.07, 6.45) is 5.91. The number of benzene rings is 1. The Hall–Kier alpha value is -0.910. The molecule has 1 unspecified atom stereocenters. The van der Waals surface area contributed by atoms with Crippen LogP contribution in [-0.4, -0.2) is 37.3 Å². The lowest BCUT2D eigenvalue weighted by Gasteiger charge is -2.36. The van der Waals surface area contributed by atoms with Crippen molar-refractivity contribution in [2.24, 2.45) is 5.92 Å². The van der Waals surface area contributed by atoms with E-state index in [1.165, 1.54) is 11.3 Å². The highest BCUT2D eigenvalue weighted by Crippen LogP contribution is 2.40. The number of carbonyl (C=O) groups is 1. The van der Waals surface area contributed by atoms with Crippen molar-refractivity contribution >= 4 is 5.97 Å². The summed E-state index contributed by atoms with van der Waals surface area (Å²) in [6, 6.07) is 9.34. The van der Waals surface area contributed by atoms with Gasteiger partial charge in [0, 0.05) is 12.3 Å². The summed E-state index contributed by atoms with van der Waals surface area (Å²) < 4.78 is 5.55. The summed E-state index contributed by atoms with van der Waals surface area (Å²) in [6.45, 7) is 7.88. The van der Waals surface area contributed by atoms with E-state index in [0.717, 1.165) is 51.7 Å². The second kappa shape index (κ2) is 11.7. The largest absolute Gasteiger partial charge is 1.00 e. The number of carbonyl (C=O) groups excluding carboxylic acids is 1. The normalized spacial score (nSPS) is 17.4. The van der Waals surface area contributed by atoms with Crippen LogP contribution in [0.25, 0.3) is 0 Å². The molecule has 0 bridgehead atoms. The number of aliphatic hydroxyl groups is 1. The van der Waals surface area contributed by atoms with Crippen LogP contribution in [0.2, 0.25) is 0 Å². The zero-order valence-corrected chi connectivity index (χ0v) is 17.8. The molecule has 0 amide bonds. The first-order valence-corrected chi connectivity index (χ1v) is 9.91. The lowest BCUT2D eigenvalue weighted by Crippen LogP contribution is -3.11. The number of esters is 1. The van der Waals surface area contributed by atoms with Gasteiger partial charge in [0.25, 0.3) is 0 Å². The molecule has 0 heterocycles. The van der Waals surface area contributed by atoms with E-state index in [9.17, 15) is 9.90 Å². The third-order valence-corrected chi connectivity index (χ3v) is 5.63. The molecule has 1 fully saturated rings. The van der Waals surface area contributed by atoms with Gasteiger partial charge in [0.1, 0.15) is 0 Å². The van der Waals surface area contributed by atoms with Crippen molar-refractivity contribution in [3.63, 3.8) is 0 Å². The Morgan fingerprint density at radius 1 is 1.15 bits per heavy atom. The predicted molar refractivity (Wildman–Crippen MR) is 99.4 cm³/mol. The van der Waals surface area contributed by atoms with Gasteiger partial charge in [0.2, 0.25) is 0 Å². The van der Waals surface area contributed by atoms with Crippen LogP contribution in [0.1, 0.15) is 57.9 Å². The Morgan fingerprint density at radius 3 is 2.35 bits per heavy atom.